The van der Waals surface area contributed by atoms with Gasteiger partial charge >= 0.3 is 5.97 Å². The van der Waals surface area contributed by atoms with Crippen LogP contribution in [0.3, 0.4) is 0 Å². The fourth-order valence-corrected chi connectivity index (χ4v) is 1.70. The number of aromatic carboxylic acids is 1. The Bertz CT molecular complexity index is 598. The summed E-state index contributed by atoms with van der Waals surface area (Å²) >= 11 is 0. The topological polar surface area (TPSA) is 122 Å². The Labute approximate surface area is 122 Å². The quantitative estimate of drug-likeness (QED) is 0.738. The molecule has 1 aromatic heterocycles. The van der Waals surface area contributed by atoms with Gasteiger partial charge in [0.05, 0.1) is 5.56 Å². The summed E-state index contributed by atoms with van der Waals surface area (Å²) in [6, 6.07) is 1.35. The van der Waals surface area contributed by atoms with Gasteiger partial charge in [-0.3, -0.25) is 9.59 Å². The van der Waals surface area contributed by atoms with E-state index in [1.54, 1.807) is 20.8 Å². The minimum Gasteiger partial charge on any atom is -0.478 e. The first kappa shape index (κ1) is 16.6. The van der Waals surface area contributed by atoms with Gasteiger partial charge in [-0.1, -0.05) is 13.8 Å². The number of carbonyl (C=O) groups is 3. The molecular weight excluding hydrogens is 274 g/mol. The van der Waals surface area contributed by atoms with E-state index in [4.69, 9.17) is 10.8 Å². The average molecular weight is 293 g/mol. The van der Waals surface area contributed by atoms with E-state index in [1.807, 2.05) is 0 Å². The lowest BCUT2D eigenvalue weighted by atomic mass is 9.87. The van der Waals surface area contributed by atoms with E-state index in [-0.39, 0.29) is 17.2 Å². The van der Waals surface area contributed by atoms with Gasteiger partial charge in [0.15, 0.2) is 0 Å². The maximum absolute atomic E-state index is 12.3. The third-order valence-electron chi connectivity index (χ3n) is 3.51. The smallest absolute Gasteiger partial charge is 0.338 e. The molecule has 1 rings (SSSR count). The summed E-state index contributed by atoms with van der Waals surface area (Å²) in [7, 11) is 0. The van der Waals surface area contributed by atoms with Crippen molar-refractivity contribution in [2.24, 2.45) is 11.7 Å². The molecule has 1 unspecified atom stereocenters. The maximum atomic E-state index is 12.3. The number of carbonyl (C=O) groups excluding carboxylic acids is 2. The second-order valence-corrected chi connectivity index (χ2v) is 5.39. The van der Waals surface area contributed by atoms with Gasteiger partial charge in [0.1, 0.15) is 11.2 Å². The molecule has 0 aliphatic heterocycles. The Kier molecular flexibility index (Phi) is 4.67. The van der Waals surface area contributed by atoms with Crippen LogP contribution < -0.4 is 11.1 Å². The molecule has 0 aromatic carbocycles. The van der Waals surface area contributed by atoms with Crippen LogP contribution in [0.15, 0.2) is 12.3 Å². The SMILES string of the molecule is Cc1cnc(C(=O)NC(C)(C(N)=O)C(C)C)c(C(=O)O)c1. The molecule has 0 aliphatic rings. The number of carboxylic acids is 1. The largest absolute Gasteiger partial charge is 0.478 e. The van der Waals surface area contributed by atoms with Crippen molar-refractivity contribution in [3.8, 4) is 0 Å². The number of primary amides is 1. The highest BCUT2D eigenvalue weighted by molar-refractivity contribution is 6.05. The first-order valence-electron chi connectivity index (χ1n) is 6.42. The number of nitrogens with zero attached hydrogens (tertiary/aromatic N) is 1. The zero-order chi connectivity index (χ0) is 16.4. The monoisotopic (exact) mass is 293 g/mol. The number of pyridine rings is 1. The van der Waals surface area contributed by atoms with Gasteiger partial charge in [-0.2, -0.15) is 0 Å². The third-order valence-corrected chi connectivity index (χ3v) is 3.51. The van der Waals surface area contributed by atoms with Gasteiger partial charge in [0, 0.05) is 6.20 Å². The Morgan fingerprint density at radius 3 is 2.38 bits per heavy atom. The molecule has 0 aliphatic carbocycles. The van der Waals surface area contributed by atoms with Crippen molar-refractivity contribution in [1.82, 2.24) is 10.3 Å². The molecule has 0 fully saturated rings. The first-order valence-corrected chi connectivity index (χ1v) is 6.42. The van der Waals surface area contributed by atoms with E-state index < -0.39 is 23.3 Å². The number of aromatic nitrogens is 1. The molecule has 1 aromatic rings. The predicted molar refractivity (Wildman–Crippen MR) is 75.8 cm³/mol. The van der Waals surface area contributed by atoms with Crippen LogP contribution in [0.2, 0.25) is 0 Å². The molecule has 7 heteroatoms. The number of carboxylic acid groups (broad SMARTS) is 1. The third kappa shape index (κ3) is 3.36. The van der Waals surface area contributed by atoms with Crippen molar-refractivity contribution in [3.05, 3.63) is 29.1 Å². The van der Waals surface area contributed by atoms with Crippen LogP contribution in [0.25, 0.3) is 0 Å². The number of nitrogens with one attached hydrogen (secondary N) is 1. The van der Waals surface area contributed by atoms with E-state index in [0.717, 1.165) is 0 Å². The van der Waals surface area contributed by atoms with Crippen LogP contribution in [0, 0.1) is 12.8 Å². The molecule has 0 spiro atoms. The van der Waals surface area contributed by atoms with Crippen molar-refractivity contribution in [3.63, 3.8) is 0 Å². The van der Waals surface area contributed by atoms with Gasteiger partial charge in [0.25, 0.3) is 5.91 Å². The summed E-state index contributed by atoms with van der Waals surface area (Å²) in [5, 5.41) is 11.6. The molecule has 1 heterocycles. The molecule has 114 valence electrons. The maximum Gasteiger partial charge on any atom is 0.338 e. The number of amides is 2. The molecule has 2 amide bonds. The summed E-state index contributed by atoms with van der Waals surface area (Å²) in [5.74, 6) is -2.98. The zero-order valence-corrected chi connectivity index (χ0v) is 12.4. The lowest BCUT2D eigenvalue weighted by Crippen LogP contribution is -2.58. The highest BCUT2D eigenvalue weighted by Gasteiger charge is 2.37. The van der Waals surface area contributed by atoms with Crippen LogP contribution in [-0.4, -0.2) is 33.4 Å². The van der Waals surface area contributed by atoms with Gasteiger partial charge in [-0.25, -0.2) is 9.78 Å². The van der Waals surface area contributed by atoms with Crippen LogP contribution >= 0.6 is 0 Å². The van der Waals surface area contributed by atoms with Crippen LogP contribution in [0.1, 0.15) is 47.2 Å². The van der Waals surface area contributed by atoms with E-state index >= 15 is 0 Å². The van der Waals surface area contributed by atoms with E-state index in [1.165, 1.54) is 19.2 Å². The molecule has 0 saturated carbocycles. The van der Waals surface area contributed by atoms with Gasteiger partial charge < -0.3 is 16.2 Å². The standard InChI is InChI=1S/C14H19N3O4/c1-7(2)14(4,13(15)21)17-11(18)10-9(12(19)20)5-8(3)6-16-10/h5-7H,1-4H3,(H2,15,21)(H,17,18)(H,19,20). The molecule has 21 heavy (non-hydrogen) atoms. The molecule has 1 atom stereocenters. The molecule has 4 N–H and O–H groups in total. The van der Waals surface area contributed by atoms with Gasteiger partial charge in [-0.05, 0) is 31.4 Å². The van der Waals surface area contributed by atoms with Crippen molar-refractivity contribution in [2.75, 3.05) is 0 Å². The van der Waals surface area contributed by atoms with Crippen LogP contribution in [0.4, 0.5) is 0 Å². The minimum atomic E-state index is -1.29. The van der Waals surface area contributed by atoms with E-state index in [0.29, 0.717) is 5.56 Å². The summed E-state index contributed by atoms with van der Waals surface area (Å²) < 4.78 is 0. The fourth-order valence-electron chi connectivity index (χ4n) is 1.70. The molecule has 0 saturated heterocycles. The number of hydrogen-bond acceptors (Lipinski definition) is 4. The summed E-state index contributed by atoms with van der Waals surface area (Å²) in [5.41, 5.74) is 4.19. The Morgan fingerprint density at radius 1 is 1.38 bits per heavy atom. The molecule has 0 radical (unpaired) electrons. The number of aryl methyl sites for hydroxylation is 1. The first-order chi connectivity index (χ1) is 9.59. The Hall–Kier alpha value is -2.44. The second kappa shape index (κ2) is 5.90. The van der Waals surface area contributed by atoms with Crippen molar-refractivity contribution in [1.29, 1.82) is 0 Å². The van der Waals surface area contributed by atoms with Crippen molar-refractivity contribution in [2.45, 2.75) is 33.2 Å². The number of nitrogens with two attached hydrogens (primary N) is 1. The second-order valence-electron chi connectivity index (χ2n) is 5.39. The lowest BCUT2D eigenvalue weighted by molar-refractivity contribution is -0.125. The fraction of sp³-hybridized carbons (Fsp3) is 0.429. The zero-order valence-electron chi connectivity index (χ0n) is 12.4. The van der Waals surface area contributed by atoms with Gasteiger partial charge in [0.2, 0.25) is 5.91 Å². The average Bonchev–Trinajstić information content (AvgIpc) is 2.37. The van der Waals surface area contributed by atoms with Crippen molar-refractivity contribution < 1.29 is 19.5 Å². The minimum absolute atomic E-state index is 0.219. The normalized spacial score (nSPS) is 13.6. The van der Waals surface area contributed by atoms with Crippen molar-refractivity contribution >= 4 is 17.8 Å². The van der Waals surface area contributed by atoms with Crippen LogP contribution in [0.5, 0.6) is 0 Å². The highest BCUT2D eigenvalue weighted by atomic mass is 16.4. The summed E-state index contributed by atoms with van der Waals surface area (Å²) in [6.45, 7) is 6.62. The molecule has 0 bridgehead atoms. The van der Waals surface area contributed by atoms with Gasteiger partial charge in [-0.15, -0.1) is 0 Å². The molecular formula is C14H19N3O4. The highest BCUT2D eigenvalue weighted by Crippen LogP contribution is 2.18. The lowest BCUT2D eigenvalue weighted by Gasteiger charge is -2.31. The molecule has 7 nitrogen and oxygen atoms in total. The summed E-state index contributed by atoms with van der Waals surface area (Å²) in [6.07, 6.45) is 1.39. The number of rotatable bonds is 5. The summed E-state index contributed by atoms with van der Waals surface area (Å²) in [4.78, 5) is 38.9. The van der Waals surface area contributed by atoms with E-state index in [2.05, 4.69) is 10.3 Å². The Balaban J connectivity index is 3.21. The van der Waals surface area contributed by atoms with Crippen LogP contribution in [-0.2, 0) is 4.79 Å². The van der Waals surface area contributed by atoms with E-state index in [9.17, 15) is 14.4 Å². The predicted octanol–water partition coefficient (Wildman–Crippen LogP) is 0.718. The Morgan fingerprint density at radius 2 is 1.95 bits per heavy atom. The number of hydrogen-bond donors (Lipinski definition) is 3.